The number of carboxylic acids is 1. The quantitative estimate of drug-likeness (QED) is 0.597. The SMILES string of the molecule is O=C(O)CNCc1ncno1. The summed E-state index contributed by atoms with van der Waals surface area (Å²) in [6.45, 7) is 0.175. The first-order chi connectivity index (χ1) is 5.29. The lowest BCUT2D eigenvalue weighted by molar-refractivity contribution is -0.136. The van der Waals surface area contributed by atoms with Gasteiger partial charge < -0.3 is 9.63 Å². The largest absolute Gasteiger partial charge is 0.480 e. The maximum Gasteiger partial charge on any atom is 0.317 e. The Balaban J connectivity index is 2.19. The average Bonchev–Trinajstić information content (AvgIpc) is 2.39. The summed E-state index contributed by atoms with van der Waals surface area (Å²) in [6.07, 6.45) is 1.26. The summed E-state index contributed by atoms with van der Waals surface area (Å²) >= 11 is 0. The van der Waals surface area contributed by atoms with Crippen molar-refractivity contribution in [1.82, 2.24) is 15.5 Å². The third kappa shape index (κ3) is 2.76. The molecule has 0 spiro atoms. The molecule has 0 bridgehead atoms. The third-order valence-electron chi connectivity index (χ3n) is 0.959. The van der Waals surface area contributed by atoms with E-state index in [0.717, 1.165) is 0 Å². The molecule has 0 saturated heterocycles. The molecule has 0 unspecified atom stereocenters. The highest BCUT2D eigenvalue weighted by Crippen LogP contribution is 1.87. The van der Waals surface area contributed by atoms with E-state index < -0.39 is 5.97 Å². The van der Waals surface area contributed by atoms with E-state index in [0.29, 0.717) is 5.89 Å². The topological polar surface area (TPSA) is 88.2 Å². The van der Waals surface area contributed by atoms with E-state index >= 15 is 0 Å². The van der Waals surface area contributed by atoms with Crippen molar-refractivity contribution in [3.8, 4) is 0 Å². The van der Waals surface area contributed by atoms with Crippen LogP contribution < -0.4 is 5.32 Å². The van der Waals surface area contributed by atoms with E-state index in [9.17, 15) is 4.79 Å². The number of carboxylic acid groups (broad SMARTS) is 1. The van der Waals surface area contributed by atoms with Crippen LogP contribution in [0, 0.1) is 0 Å². The summed E-state index contributed by atoms with van der Waals surface area (Å²) in [4.78, 5) is 13.7. The first-order valence-electron chi connectivity index (χ1n) is 2.97. The van der Waals surface area contributed by atoms with E-state index in [1.54, 1.807) is 0 Å². The van der Waals surface area contributed by atoms with Gasteiger partial charge in [0.05, 0.1) is 13.1 Å². The van der Waals surface area contributed by atoms with Gasteiger partial charge in [0.1, 0.15) is 0 Å². The summed E-state index contributed by atoms with van der Waals surface area (Å²) in [5.41, 5.74) is 0. The number of rotatable bonds is 4. The van der Waals surface area contributed by atoms with Crippen LogP contribution in [0.25, 0.3) is 0 Å². The molecule has 0 fully saturated rings. The van der Waals surface area contributed by atoms with Gasteiger partial charge in [-0.15, -0.1) is 0 Å². The number of aliphatic carboxylic acids is 1. The fourth-order valence-corrected chi connectivity index (χ4v) is 0.550. The molecule has 0 aromatic carbocycles. The fourth-order valence-electron chi connectivity index (χ4n) is 0.550. The van der Waals surface area contributed by atoms with Crippen LogP contribution in [0.1, 0.15) is 5.89 Å². The molecule has 0 aliphatic heterocycles. The zero-order valence-electron chi connectivity index (χ0n) is 5.65. The monoisotopic (exact) mass is 157 g/mol. The van der Waals surface area contributed by atoms with E-state index in [4.69, 9.17) is 5.11 Å². The van der Waals surface area contributed by atoms with Gasteiger partial charge in [0.15, 0.2) is 6.33 Å². The van der Waals surface area contributed by atoms with Gasteiger partial charge in [-0.05, 0) is 0 Å². The maximum atomic E-state index is 10.00. The van der Waals surface area contributed by atoms with Crippen molar-refractivity contribution in [2.75, 3.05) is 6.54 Å². The lowest BCUT2D eigenvalue weighted by Gasteiger charge is -1.93. The Kier molecular flexibility index (Phi) is 2.56. The van der Waals surface area contributed by atoms with Crippen molar-refractivity contribution in [1.29, 1.82) is 0 Å². The second-order valence-corrected chi connectivity index (χ2v) is 1.83. The van der Waals surface area contributed by atoms with Gasteiger partial charge in [0, 0.05) is 0 Å². The zero-order chi connectivity index (χ0) is 8.10. The van der Waals surface area contributed by atoms with Crippen LogP contribution in [0.3, 0.4) is 0 Å². The molecule has 0 aliphatic rings. The lowest BCUT2D eigenvalue weighted by Crippen LogP contribution is -2.21. The maximum absolute atomic E-state index is 10.00. The van der Waals surface area contributed by atoms with Gasteiger partial charge in [-0.3, -0.25) is 10.1 Å². The van der Waals surface area contributed by atoms with Crippen LogP contribution in [0.5, 0.6) is 0 Å². The van der Waals surface area contributed by atoms with E-state index in [-0.39, 0.29) is 13.1 Å². The van der Waals surface area contributed by atoms with Gasteiger partial charge in [-0.1, -0.05) is 5.16 Å². The molecule has 60 valence electrons. The molecular weight excluding hydrogens is 150 g/mol. The van der Waals surface area contributed by atoms with Gasteiger partial charge in [0.25, 0.3) is 0 Å². The zero-order valence-corrected chi connectivity index (χ0v) is 5.65. The van der Waals surface area contributed by atoms with Gasteiger partial charge in [-0.25, -0.2) is 0 Å². The van der Waals surface area contributed by atoms with Crippen LogP contribution in [0.2, 0.25) is 0 Å². The number of nitrogens with one attached hydrogen (secondary N) is 1. The van der Waals surface area contributed by atoms with Crippen LogP contribution in [-0.4, -0.2) is 27.8 Å². The summed E-state index contributed by atoms with van der Waals surface area (Å²) < 4.78 is 4.60. The molecule has 1 aromatic rings. The highest BCUT2D eigenvalue weighted by atomic mass is 16.5. The predicted octanol–water partition coefficient (Wildman–Crippen LogP) is -0.756. The van der Waals surface area contributed by atoms with Gasteiger partial charge in [-0.2, -0.15) is 4.98 Å². The van der Waals surface area contributed by atoms with E-state index in [1.807, 2.05) is 0 Å². The molecule has 0 atom stereocenters. The van der Waals surface area contributed by atoms with Crippen LogP contribution in [0.4, 0.5) is 0 Å². The molecule has 1 heterocycles. The summed E-state index contributed by atoms with van der Waals surface area (Å²) in [7, 11) is 0. The Morgan fingerprint density at radius 3 is 3.18 bits per heavy atom. The van der Waals surface area contributed by atoms with Crippen LogP contribution >= 0.6 is 0 Å². The van der Waals surface area contributed by atoms with Gasteiger partial charge in [0.2, 0.25) is 5.89 Å². The standard InChI is InChI=1S/C5H7N3O3/c9-5(10)2-6-1-4-7-3-8-11-4/h3,6H,1-2H2,(H,9,10). The second kappa shape index (κ2) is 3.67. The van der Waals surface area contributed by atoms with Crippen molar-refractivity contribution in [2.45, 2.75) is 6.54 Å². The highest BCUT2D eigenvalue weighted by molar-refractivity contribution is 5.68. The molecule has 0 radical (unpaired) electrons. The Labute approximate surface area is 62.2 Å². The van der Waals surface area contributed by atoms with Crippen LogP contribution in [-0.2, 0) is 11.3 Å². The molecule has 0 saturated carbocycles. The second-order valence-electron chi connectivity index (χ2n) is 1.83. The van der Waals surface area contributed by atoms with Crippen molar-refractivity contribution >= 4 is 5.97 Å². The first-order valence-corrected chi connectivity index (χ1v) is 2.97. The number of carbonyl (C=O) groups is 1. The Morgan fingerprint density at radius 2 is 2.64 bits per heavy atom. The molecule has 1 rings (SSSR count). The fraction of sp³-hybridized carbons (Fsp3) is 0.400. The minimum atomic E-state index is -0.912. The minimum absolute atomic E-state index is 0.109. The molecular formula is C5H7N3O3. The third-order valence-corrected chi connectivity index (χ3v) is 0.959. The first kappa shape index (κ1) is 7.67. The normalized spacial score (nSPS) is 9.82. The molecule has 6 nitrogen and oxygen atoms in total. The van der Waals surface area contributed by atoms with E-state index in [1.165, 1.54) is 6.33 Å². The van der Waals surface area contributed by atoms with Gasteiger partial charge >= 0.3 is 5.97 Å². The Bertz CT molecular complexity index is 221. The molecule has 2 N–H and O–H groups in total. The summed E-state index contributed by atoms with van der Waals surface area (Å²) in [5, 5.41) is 14.2. The number of hydrogen-bond donors (Lipinski definition) is 2. The minimum Gasteiger partial charge on any atom is -0.480 e. The molecule has 0 aliphatic carbocycles. The van der Waals surface area contributed by atoms with Crippen molar-refractivity contribution in [3.63, 3.8) is 0 Å². The smallest absolute Gasteiger partial charge is 0.317 e. The molecule has 1 aromatic heterocycles. The number of nitrogens with zero attached hydrogens (tertiary/aromatic N) is 2. The average molecular weight is 157 g/mol. The van der Waals surface area contributed by atoms with Crippen molar-refractivity contribution in [3.05, 3.63) is 12.2 Å². The molecule has 0 amide bonds. The number of hydrogen-bond acceptors (Lipinski definition) is 5. The summed E-state index contributed by atoms with van der Waals surface area (Å²) in [6, 6.07) is 0. The molecule has 11 heavy (non-hydrogen) atoms. The Hall–Kier alpha value is -1.43. The summed E-state index contributed by atoms with van der Waals surface area (Å²) in [5.74, 6) is -0.532. The molecule has 6 heteroatoms. The van der Waals surface area contributed by atoms with Crippen molar-refractivity contribution in [2.24, 2.45) is 0 Å². The van der Waals surface area contributed by atoms with E-state index in [2.05, 4.69) is 20.0 Å². The Morgan fingerprint density at radius 1 is 1.82 bits per heavy atom. The van der Waals surface area contributed by atoms with Crippen LogP contribution in [0.15, 0.2) is 10.9 Å². The highest BCUT2D eigenvalue weighted by Gasteiger charge is 1.99. The predicted molar refractivity (Wildman–Crippen MR) is 33.6 cm³/mol. The van der Waals surface area contributed by atoms with Crippen molar-refractivity contribution < 1.29 is 14.4 Å². The lowest BCUT2D eigenvalue weighted by atomic mass is 10.6. The number of aromatic nitrogens is 2.